The van der Waals surface area contributed by atoms with Crippen LogP contribution in [-0.2, 0) is 16.0 Å². The van der Waals surface area contributed by atoms with Crippen molar-refractivity contribution >= 4 is 23.3 Å². The third kappa shape index (κ3) is 2.24. The molecule has 1 aliphatic heterocycles. The first kappa shape index (κ1) is 9.92. The number of phenolic OH excluding ortho intramolecular Hbond substituents is 1. The predicted octanol–water partition coefficient (Wildman–Crippen LogP) is 0.735. The highest BCUT2D eigenvalue weighted by molar-refractivity contribution is 7.80. The minimum atomic E-state index is -0.584. The van der Waals surface area contributed by atoms with E-state index in [1.807, 2.05) is 6.07 Å². The van der Waals surface area contributed by atoms with Crippen LogP contribution >= 0.6 is 12.2 Å². The minimum absolute atomic E-state index is 0.116. The van der Waals surface area contributed by atoms with Crippen LogP contribution in [0.2, 0.25) is 0 Å². The van der Waals surface area contributed by atoms with Crippen LogP contribution in [0.3, 0.4) is 0 Å². The molecule has 0 aromatic heterocycles. The van der Waals surface area contributed by atoms with Gasteiger partial charge in [-0.25, -0.2) is 0 Å². The van der Waals surface area contributed by atoms with Crippen molar-refractivity contribution in [1.29, 1.82) is 0 Å². The first-order valence-electron chi connectivity index (χ1n) is 4.44. The molecule has 1 aliphatic rings. The van der Waals surface area contributed by atoms with Gasteiger partial charge in [0.05, 0.1) is 0 Å². The molecule has 1 saturated heterocycles. The third-order valence-electron chi connectivity index (χ3n) is 2.10. The number of ether oxygens (including phenoxy) is 1. The Bertz CT molecular complexity index is 419. The molecule has 0 spiro atoms. The molecule has 1 aromatic rings. The first-order valence-corrected chi connectivity index (χ1v) is 4.85. The van der Waals surface area contributed by atoms with E-state index in [1.54, 1.807) is 18.2 Å². The van der Waals surface area contributed by atoms with Crippen molar-refractivity contribution < 1.29 is 14.6 Å². The maximum Gasteiger partial charge on any atom is 0.268 e. The van der Waals surface area contributed by atoms with E-state index in [0.29, 0.717) is 6.42 Å². The van der Waals surface area contributed by atoms with Crippen molar-refractivity contribution in [2.45, 2.75) is 12.5 Å². The molecule has 5 heteroatoms. The Morgan fingerprint density at radius 1 is 1.53 bits per heavy atom. The molecule has 1 unspecified atom stereocenters. The summed E-state index contributed by atoms with van der Waals surface area (Å²) in [6.45, 7) is 0. The van der Waals surface area contributed by atoms with Crippen LogP contribution in [0, 0.1) is 0 Å². The van der Waals surface area contributed by atoms with Gasteiger partial charge in [0.1, 0.15) is 5.75 Å². The average Bonchev–Trinajstić information content (AvgIpc) is 2.45. The molecule has 1 amide bonds. The second-order valence-corrected chi connectivity index (χ2v) is 3.63. The van der Waals surface area contributed by atoms with Gasteiger partial charge in [-0.3, -0.25) is 10.1 Å². The summed E-state index contributed by atoms with van der Waals surface area (Å²) >= 11 is 4.71. The number of amides is 1. The number of thiocarbonyl (C=S) groups is 1. The highest BCUT2D eigenvalue weighted by Crippen LogP contribution is 2.15. The molecule has 0 saturated carbocycles. The molecular weight excluding hydrogens is 214 g/mol. The standard InChI is InChI=1S/C10H9NO3S/c12-7-3-1-2-6(4-7)5-8-9(13)11-10(15)14-8/h1-4,8,12H,5H2,(H,11,13,15). The molecule has 4 nitrogen and oxygen atoms in total. The zero-order valence-electron chi connectivity index (χ0n) is 7.77. The van der Waals surface area contributed by atoms with Crippen molar-refractivity contribution in [2.75, 3.05) is 0 Å². The van der Waals surface area contributed by atoms with E-state index in [4.69, 9.17) is 17.0 Å². The van der Waals surface area contributed by atoms with Crippen molar-refractivity contribution in [1.82, 2.24) is 5.32 Å². The van der Waals surface area contributed by atoms with Gasteiger partial charge in [0, 0.05) is 6.42 Å². The van der Waals surface area contributed by atoms with Gasteiger partial charge in [0.25, 0.3) is 11.1 Å². The van der Waals surface area contributed by atoms with Gasteiger partial charge < -0.3 is 9.84 Å². The summed E-state index contributed by atoms with van der Waals surface area (Å²) in [6, 6.07) is 6.70. The quantitative estimate of drug-likeness (QED) is 0.726. The summed E-state index contributed by atoms with van der Waals surface area (Å²) in [5.41, 5.74) is 0.833. The van der Waals surface area contributed by atoms with Crippen molar-refractivity contribution in [3.8, 4) is 5.75 Å². The number of rotatable bonds is 2. The molecule has 0 aliphatic carbocycles. The number of aromatic hydroxyl groups is 1. The van der Waals surface area contributed by atoms with Gasteiger partial charge in [-0.2, -0.15) is 0 Å². The lowest BCUT2D eigenvalue weighted by Gasteiger charge is -2.06. The van der Waals surface area contributed by atoms with Crippen molar-refractivity contribution in [3.63, 3.8) is 0 Å². The van der Waals surface area contributed by atoms with Gasteiger partial charge in [0.15, 0.2) is 6.10 Å². The first-order chi connectivity index (χ1) is 7.15. The molecule has 15 heavy (non-hydrogen) atoms. The fourth-order valence-corrected chi connectivity index (χ4v) is 1.64. The Labute approximate surface area is 91.9 Å². The van der Waals surface area contributed by atoms with E-state index in [-0.39, 0.29) is 16.8 Å². The molecule has 1 aromatic carbocycles. The Morgan fingerprint density at radius 2 is 2.33 bits per heavy atom. The molecule has 0 radical (unpaired) electrons. The monoisotopic (exact) mass is 223 g/mol. The zero-order chi connectivity index (χ0) is 10.8. The Morgan fingerprint density at radius 3 is 2.93 bits per heavy atom. The smallest absolute Gasteiger partial charge is 0.268 e. The topological polar surface area (TPSA) is 58.6 Å². The molecule has 78 valence electrons. The molecule has 1 atom stereocenters. The van der Waals surface area contributed by atoms with Crippen LogP contribution in [-0.4, -0.2) is 22.3 Å². The van der Waals surface area contributed by atoms with Gasteiger partial charge in [-0.1, -0.05) is 12.1 Å². The molecule has 2 N–H and O–H groups in total. The van der Waals surface area contributed by atoms with Crippen molar-refractivity contribution in [2.24, 2.45) is 0 Å². The number of nitrogens with one attached hydrogen (secondary N) is 1. The fourth-order valence-electron chi connectivity index (χ4n) is 1.43. The summed E-state index contributed by atoms with van der Waals surface area (Å²) < 4.78 is 5.11. The number of phenols is 1. The summed E-state index contributed by atoms with van der Waals surface area (Å²) in [5, 5.41) is 11.8. The van der Waals surface area contributed by atoms with Crippen LogP contribution in [0.25, 0.3) is 0 Å². The van der Waals surface area contributed by atoms with Gasteiger partial charge in [-0.05, 0) is 29.9 Å². The second kappa shape index (κ2) is 3.86. The number of hydrogen-bond donors (Lipinski definition) is 2. The summed E-state index contributed by atoms with van der Waals surface area (Å²) in [6.07, 6.45) is -0.181. The van der Waals surface area contributed by atoms with Crippen LogP contribution in [0.1, 0.15) is 5.56 Å². The lowest BCUT2D eigenvalue weighted by atomic mass is 10.1. The molecule has 2 rings (SSSR count). The van der Waals surface area contributed by atoms with Crippen LogP contribution in [0.5, 0.6) is 5.75 Å². The second-order valence-electron chi connectivity index (χ2n) is 3.26. The Balaban J connectivity index is 2.09. The summed E-state index contributed by atoms with van der Waals surface area (Å²) in [4.78, 5) is 11.3. The molecule has 1 fully saturated rings. The number of carbonyl (C=O) groups is 1. The van der Waals surface area contributed by atoms with E-state index in [9.17, 15) is 9.90 Å². The van der Waals surface area contributed by atoms with E-state index in [1.165, 1.54) is 0 Å². The summed E-state index contributed by atoms with van der Waals surface area (Å²) in [7, 11) is 0. The molecule has 0 bridgehead atoms. The predicted molar refractivity (Wildman–Crippen MR) is 57.4 cm³/mol. The van der Waals surface area contributed by atoms with E-state index in [2.05, 4.69) is 5.32 Å². The fraction of sp³-hybridized carbons (Fsp3) is 0.200. The highest BCUT2D eigenvalue weighted by Gasteiger charge is 2.29. The maximum absolute atomic E-state index is 11.3. The van der Waals surface area contributed by atoms with Crippen LogP contribution in [0.15, 0.2) is 24.3 Å². The number of hydrogen-bond acceptors (Lipinski definition) is 4. The molecule has 1 heterocycles. The lowest BCUT2D eigenvalue weighted by Crippen LogP contribution is -2.25. The maximum atomic E-state index is 11.3. The molecular formula is C10H9NO3S. The minimum Gasteiger partial charge on any atom is -0.508 e. The largest absolute Gasteiger partial charge is 0.508 e. The van der Waals surface area contributed by atoms with E-state index < -0.39 is 6.10 Å². The highest BCUT2D eigenvalue weighted by atomic mass is 32.1. The van der Waals surface area contributed by atoms with Crippen LogP contribution in [0.4, 0.5) is 0 Å². The third-order valence-corrected chi connectivity index (χ3v) is 2.30. The van der Waals surface area contributed by atoms with Gasteiger partial charge in [-0.15, -0.1) is 0 Å². The Kier molecular flexibility index (Phi) is 2.55. The lowest BCUT2D eigenvalue weighted by molar-refractivity contribution is -0.123. The van der Waals surface area contributed by atoms with Gasteiger partial charge in [0.2, 0.25) is 0 Å². The normalized spacial score (nSPS) is 19.9. The number of benzene rings is 1. The summed E-state index contributed by atoms with van der Waals surface area (Å²) in [5.74, 6) is -0.0585. The van der Waals surface area contributed by atoms with E-state index in [0.717, 1.165) is 5.56 Å². The van der Waals surface area contributed by atoms with Crippen molar-refractivity contribution in [3.05, 3.63) is 29.8 Å². The average molecular weight is 223 g/mol. The number of carbonyl (C=O) groups excluding carboxylic acids is 1. The van der Waals surface area contributed by atoms with Crippen LogP contribution < -0.4 is 5.32 Å². The SMILES string of the molecule is O=C1NC(=S)OC1Cc1cccc(O)c1. The zero-order valence-corrected chi connectivity index (χ0v) is 8.58. The van der Waals surface area contributed by atoms with Gasteiger partial charge >= 0.3 is 0 Å². The Hall–Kier alpha value is -1.62. The van der Waals surface area contributed by atoms with E-state index >= 15 is 0 Å².